The Bertz CT molecular complexity index is 447. The number of nitrogens with zero attached hydrogens (tertiary/aromatic N) is 1. The Labute approximate surface area is 125 Å². The molecule has 1 aromatic carbocycles. The van der Waals surface area contributed by atoms with Crippen molar-refractivity contribution in [3.05, 3.63) is 35.9 Å². The second-order valence-electron chi connectivity index (χ2n) is 4.42. The fourth-order valence-corrected chi connectivity index (χ4v) is 2.14. The average Bonchev–Trinajstić information content (AvgIpc) is 2.48. The second kappa shape index (κ2) is 9.00. The Balaban J connectivity index is 2.99. The van der Waals surface area contributed by atoms with Gasteiger partial charge in [0, 0.05) is 6.54 Å². The van der Waals surface area contributed by atoms with Crippen molar-refractivity contribution < 1.29 is 19.1 Å². The maximum atomic E-state index is 12.1. The number of esters is 1. The molecule has 1 atom stereocenters. The van der Waals surface area contributed by atoms with Crippen LogP contribution in [0.5, 0.6) is 0 Å². The molecular weight excluding hydrogens is 270 g/mol. The number of carbonyl (C=O) groups excluding carboxylic acids is 2. The number of ether oxygens (including phenoxy) is 2. The standard InChI is InChI=1S/C16H23NO4/c1-4-17(16(19)21-6-3)14(12-15(18)20-5-2)13-10-8-7-9-11-13/h7-11,14H,4-6,12H2,1-3H3. The minimum Gasteiger partial charge on any atom is -0.466 e. The summed E-state index contributed by atoms with van der Waals surface area (Å²) in [7, 11) is 0. The first-order valence-corrected chi connectivity index (χ1v) is 7.27. The smallest absolute Gasteiger partial charge is 0.410 e. The van der Waals surface area contributed by atoms with Crippen molar-refractivity contribution in [2.45, 2.75) is 33.2 Å². The zero-order valence-corrected chi connectivity index (χ0v) is 12.9. The van der Waals surface area contributed by atoms with Gasteiger partial charge >= 0.3 is 12.1 Å². The van der Waals surface area contributed by atoms with Crippen LogP contribution in [0.4, 0.5) is 4.79 Å². The van der Waals surface area contributed by atoms with E-state index in [9.17, 15) is 9.59 Å². The summed E-state index contributed by atoms with van der Waals surface area (Å²) < 4.78 is 10.1. The van der Waals surface area contributed by atoms with E-state index in [2.05, 4.69) is 0 Å². The van der Waals surface area contributed by atoms with Crippen LogP contribution < -0.4 is 0 Å². The van der Waals surface area contributed by atoms with Crippen LogP contribution in [0.2, 0.25) is 0 Å². The number of hydrogen-bond donors (Lipinski definition) is 0. The Morgan fingerprint density at radius 3 is 2.19 bits per heavy atom. The van der Waals surface area contributed by atoms with Gasteiger partial charge in [-0.1, -0.05) is 30.3 Å². The van der Waals surface area contributed by atoms with Crippen LogP contribution in [0.1, 0.15) is 38.8 Å². The van der Waals surface area contributed by atoms with Crippen molar-refractivity contribution in [3.8, 4) is 0 Å². The third-order valence-electron chi connectivity index (χ3n) is 3.07. The van der Waals surface area contributed by atoms with Crippen LogP contribution >= 0.6 is 0 Å². The van der Waals surface area contributed by atoms with Crippen molar-refractivity contribution in [1.82, 2.24) is 4.90 Å². The van der Waals surface area contributed by atoms with Crippen molar-refractivity contribution >= 4 is 12.1 Å². The Morgan fingerprint density at radius 1 is 1.05 bits per heavy atom. The van der Waals surface area contributed by atoms with E-state index in [0.29, 0.717) is 19.8 Å². The fourth-order valence-electron chi connectivity index (χ4n) is 2.14. The summed E-state index contributed by atoms with van der Waals surface area (Å²) >= 11 is 0. The third-order valence-corrected chi connectivity index (χ3v) is 3.07. The van der Waals surface area contributed by atoms with E-state index in [-0.39, 0.29) is 18.4 Å². The van der Waals surface area contributed by atoms with E-state index < -0.39 is 6.09 Å². The molecule has 0 bridgehead atoms. The van der Waals surface area contributed by atoms with Gasteiger partial charge in [-0.2, -0.15) is 0 Å². The molecule has 1 rings (SSSR count). The van der Waals surface area contributed by atoms with Crippen LogP contribution in [-0.2, 0) is 14.3 Å². The van der Waals surface area contributed by atoms with Gasteiger partial charge in [0.2, 0.25) is 0 Å². The van der Waals surface area contributed by atoms with Crippen molar-refractivity contribution in [3.63, 3.8) is 0 Å². The summed E-state index contributed by atoms with van der Waals surface area (Å²) in [6.45, 7) is 6.46. The lowest BCUT2D eigenvalue weighted by Crippen LogP contribution is -2.36. The molecule has 0 aliphatic carbocycles. The van der Waals surface area contributed by atoms with Gasteiger partial charge in [-0.3, -0.25) is 4.79 Å². The molecule has 0 aliphatic rings. The van der Waals surface area contributed by atoms with Gasteiger partial charge in [0.15, 0.2) is 0 Å². The maximum Gasteiger partial charge on any atom is 0.410 e. The first-order chi connectivity index (χ1) is 10.1. The van der Waals surface area contributed by atoms with Crippen molar-refractivity contribution in [1.29, 1.82) is 0 Å². The van der Waals surface area contributed by atoms with Gasteiger partial charge in [0.05, 0.1) is 25.7 Å². The van der Waals surface area contributed by atoms with Gasteiger partial charge in [0.25, 0.3) is 0 Å². The SMILES string of the molecule is CCOC(=O)CC(c1ccccc1)N(CC)C(=O)OCC. The lowest BCUT2D eigenvalue weighted by molar-refractivity contribution is -0.144. The second-order valence-corrected chi connectivity index (χ2v) is 4.42. The van der Waals surface area contributed by atoms with Crippen LogP contribution in [0.3, 0.4) is 0 Å². The molecule has 1 amide bonds. The highest BCUT2D eigenvalue weighted by atomic mass is 16.6. The van der Waals surface area contributed by atoms with E-state index in [1.807, 2.05) is 37.3 Å². The largest absolute Gasteiger partial charge is 0.466 e. The Hall–Kier alpha value is -2.04. The number of carbonyl (C=O) groups is 2. The Morgan fingerprint density at radius 2 is 1.67 bits per heavy atom. The van der Waals surface area contributed by atoms with Gasteiger partial charge in [-0.25, -0.2) is 4.79 Å². The van der Waals surface area contributed by atoms with E-state index >= 15 is 0 Å². The highest BCUT2D eigenvalue weighted by Crippen LogP contribution is 2.25. The molecule has 0 radical (unpaired) electrons. The number of amides is 1. The lowest BCUT2D eigenvalue weighted by Gasteiger charge is -2.29. The summed E-state index contributed by atoms with van der Waals surface area (Å²) in [4.78, 5) is 25.5. The molecule has 21 heavy (non-hydrogen) atoms. The molecule has 0 aliphatic heterocycles. The highest BCUT2D eigenvalue weighted by molar-refractivity contribution is 5.73. The number of benzene rings is 1. The van der Waals surface area contributed by atoms with Gasteiger partial charge < -0.3 is 14.4 Å². The molecule has 5 heteroatoms. The molecule has 0 aromatic heterocycles. The molecule has 1 aromatic rings. The third kappa shape index (κ3) is 5.10. The quantitative estimate of drug-likeness (QED) is 0.725. The first-order valence-electron chi connectivity index (χ1n) is 7.27. The van der Waals surface area contributed by atoms with Crippen LogP contribution in [0, 0.1) is 0 Å². The highest BCUT2D eigenvalue weighted by Gasteiger charge is 2.27. The summed E-state index contributed by atoms with van der Waals surface area (Å²) in [5.74, 6) is -0.325. The van der Waals surface area contributed by atoms with Gasteiger partial charge in [-0.15, -0.1) is 0 Å². The molecule has 0 saturated heterocycles. The average molecular weight is 293 g/mol. The minimum absolute atomic E-state index is 0.116. The first kappa shape index (κ1) is 17.0. The monoisotopic (exact) mass is 293 g/mol. The van der Waals surface area contributed by atoms with Crippen LogP contribution in [-0.4, -0.2) is 36.7 Å². The molecule has 0 saturated carbocycles. The van der Waals surface area contributed by atoms with E-state index in [1.165, 1.54) is 0 Å². The normalized spacial score (nSPS) is 11.6. The predicted octanol–water partition coefficient (Wildman–Crippen LogP) is 3.16. The van der Waals surface area contributed by atoms with E-state index in [0.717, 1.165) is 5.56 Å². The van der Waals surface area contributed by atoms with Crippen LogP contribution in [0.25, 0.3) is 0 Å². The predicted molar refractivity (Wildman–Crippen MR) is 79.8 cm³/mol. The summed E-state index contributed by atoms with van der Waals surface area (Å²) in [5, 5.41) is 0. The molecule has 0 N–H and O–H groups in total. The topological polar surface area (TPSA) is 55.8 Å². The maximum absolute atomic E-state index is 12.1. The minimum atomic E-state index is -0.418. The summed E-state index contributed by atoms with van der Waals surface area (Å²) in [6, 6.07) is 9.07. The summed E-state index contributed by atoms with van der Waals surface area (Å²) in [6.07, 6.45) is -0.303. The van der Waals surface area contributed by atoms with Crippen molar-refractivity contribution in [2.75, 3.05) is 19.8 Å². The molecule has 0 spiro atoms. The zero-order valence-electron chi connectivity index (χ0n) is 12.9. The van der Waals surface area contributed by atoms with Crippen LogP contribution in [0.15, 0.2) is 30.3 Å². The molecule has 0 fully saturated rings. The van der Waals surface area contributed by atoms with E-state index in [4.69, 9.17) is 9.47 Å². The lowest BCUT2D eigenvalue weighted by atomic mass is 10.0. The fraction of sp³-hybridized carbons (Fsp3) is 0.500. The van der Waals surface area contributed by atoms with E-state index in [1.54, 1.807) is 18.7 Å². The Kier molecular flexibility index (Phi) is 7.29. The number of rotatable bonds is 7. The molecule has 5 nitrogen and oxygen atoms in total. The number of hydrogen-bond acceptors (Lipinski definition) is 4. The molecular formula is C16H23NO4. The molecule has 1 unspecified atom stereocenters. The molecule has 0 heterocycles. The summed E-state index contributed by atoms with van der Waals surface area (Å²) in [5.41, 5.74) is 0.889. The van der Waals surface area contributed by atoms with Gasteiger partial charge in [0.1, 0.15) is 0 Å². The van der Waals surface area contributed by atoms with Gasteiger partial charge in [-0.05, 0) is 26.3 Å². The zero-order chi connectivity index (χ0) is 15.7. The molecule has 116 valence electrons. The van der Waals surface area contributed by atoms with Crippen molar-refractivity contribution in [2.24, 2.45) is 0 Å².